The summed E-state index contributed by atoms with van der Waals surface area (Å²) in [5.74, 6) is 0.727. The lowest BCUT2D eigenvalue weighted by atomic mass is 10.1. The predicted octanol–water partition coefficient (Wildman–Crippen LogP) is 6.49. The molecule has 2 aromatic carbocycles. The minimum Gasteiger partial charge on any atom is -0.481 e. The molecule has 0 aliphatic carbocycles. The van der Waals surface area contributed by atoms with E-state index in [9.17, 15) is 4.79 Å². The van der Waals surface area contributed by atoms with Crippen LogP contribution >= 0.6 is 11.3 Å². The van der Waals surface area contributed by atoms with Gasteiger partial charge in [0.25, 0.3) is 0 Å². The SMILES string of the molecule is CCc1nc(-c2ccc(CCc3ccccc3)s2)nc(Nc2ccc(CC(=O)O)cc2)c1CC. The van der Waals surface area contributed by atoms with Crippen LogP contribution in [0.25, 0.3) is 10.7 Å². The van der Waals surface area contributed by atoms with Crippen LogP contribution in [0, 0.1) is 0 Å². The molecule has 0 unspecified atom stereocenters. The molecule has 0 aliphatic rings. The number of aromatic nitrogens is 2. The van der Waals surface area contributed by atoms with Gasteiger partial charge in [0.2, 0.25) is 0 Å². The van der Waals surface area contributed by atoms with Gasteiger partial charge >= 0.3 is 5.97 Å². The number of rotatable bonds is 10. The summed E-state index contributed by atoms with van der Waals surface area (Å²) in [4.78, 5) is 23.2. The first-order chi connectivity index (χ1) is 16.6. The Bertz CT molecular complexity index is 1250. The maximum atomic E-state index is 11.0. The Morgan fingerprint density at radius 2 is 1.65 bits per heavy atom. The summed E-state index contributed by atoms with van der Waals surface area (Å²) in [6.07, 6.45) is 3.69. The van der Waals surface area contributed by atoms with E-state index in [2.05, 4.69) is 55.6 Å². The molecule has 4 aromatic rings. The summed E-state index contributed by atoms with van der Waals surface area (Å²) in [6, 6.07) is 22.3. The highest BCUT2D eigenvalue weighted by atomic mass is 32.1. The van der Waals surface area contributed by atoms with Gasteiger partial charge in [0.1, 0.15) is 5.82 Å². The molecule has 2 aromatic heterocycles. The summed E-state index contributed by atoms with van der Waals surface area (Å²) in [5.41, 5.74) is 5.16. The highest BCUT2D eigenvalue weighted by Gasteiger charge is 2.15. The molecule has 34 heavy (non-hydrogen) atoms. The fourth-order valence-electron chi connectivity index (χ4n) is 3.97. The second-order valence-electron chi connectivity index (χ2n) is 8.17. The molecule has 0 fully saturated rings. The number of carboxylic acids is 1. The van der Waals surface area contributed by atoms with Crippen LogP contribution in [0.2, 0.25) is 0 Å². The Morgan fingerprint density at radius 3 is 2.32 bits per heavy atom. The van der Waals surface area contributed by atoms with Crippen molar-refractivity contribution >= 4 is 28.8 Å². The third kappa shape index (κ3) is 5.88. The Morgan fingerprint density at radius 1 is 0.882 bits per heavy atom. The number of hydrogen-bond donors (Lipinski definition) is 2. The Labute approximate surface area is 204 Å². The number of carbonyl (C=O) groups is 1. The maximum absolute atomic E-state index is 11.0. The summed E-state index contributed by atoms with van der Waals surface area (Å²) in [6.45, 7) is 4.24. The maximum Gasteiger partial charge on any atom is 0.307 e. The number of nitrogens with zero attached hydrogens (tertiary/aromatic N) is 2. The van der Waals surface area contributed by atoms with E-state index in [-0.39, 0.29) is 6.42 Å². The number of thiophene rings is 1. The molecule has 0 radical (unpaired) electrons. The molecule has 0 saturated heterocycles. The van der Waals surface area contributed by atoms with Gasteiger partial charge in [0.15, 0.2) is 5.82 Å². The van der Waals surface area contributed by atoms with Crippen molar-refractivity contribution in [3.63, 3.8) is 0 Å². The van der Waals surface area contributed by atoms with Crippen LogP contribution in [0.15, 0.2) is 66.7 Å². The van der Waals surface area contributed by atoms with Crippen LogP contribution in [0.1, 0.15) is 41.1 Å². The molecule has 5 nitrogen and oxygen atoms in total. The first kappa shape index (κ1) is 23.6. The second-order valence-corrected chi connectivity index (χ2v) is 9.34. The molecule has 174 valence electrons. The van der Waals surface area contributed by atoms with Gasteiger partial charge in [0.05, 0.1) is 11.3 Å². The highest BCUT2D eigenvalue weighted by Crippen LogP contribution is 2.31. The Hall–Kier alpha value is -3.51. The van der Waals surface area contributed by atoms with Crippen LogP contribution in [0.4, 0.5) is 11.5 Å². The third-order valence-electron chi connectivity index (χ3n) is 5.74. The van der Waals surface area contributed by atoms with E-state index in [0.717, 1.165) is 64.7 Å². The van der Waals surface area contributed by atoms with Crippen LogP contribution in [-0.2, 0) is 36.9 Å². The molecule has 0 atom stereocenters. The molecule has 4 rings (SSSR count). The van der Waals surface area contributed by atoms with Crippen molar-refractivity contribution in [1.29, 1.82) is 0 Å². The lowest BCUT2D eigenvalue weighted by Gasteiger charge is -2.15. The van der Waals surface area contributed by atoms with Gasteiger partial charge < -0.3 is 10.4 Å². The lowest BCUT2D eigenvalue weighted by molar-refractivity contribution is -0.136. The predicted molar refractivity (Wildman–Crippen MR) is 139 cm³/mol. The summed E-state index contributed by atoms with van der Waals surface area (Å²) in [7, 11) is 0. The molecule has 0 aliphatic heterocycles. The fourth-order valence-corrected chi connectivity index (χ4v) is 4.91. The first-order valence-electron chi connectivity index (χ1n) is 11.7. The van der Waals surface area contributed by atoms with E-state index in [1.165, 1.54) is 10.4 Å². The molecule has 0 amide bonds. The fraction of sp³-hybridized carbons (Fsp3) is 0.250. The monoisotopic (exact) mass is 471 g/mol. The molecule has 0 spiro atoms. The van der Waals surface area contributed by atoms with Crippen LogP contribution in [-0.4, -0.2) is 21.0 Å². The number of carboxylic acid groups (broad SMARTS) is 1. The second kappa shape index (κ2) is 11.1. The normalized spacial score (nSPS) is 10.9. The quantitative estimate of drug-likeness (QED) is 0.277. The Kier molecular flexibility index (Phi) is 7.70. The summed E-state index contributed by atoms with van der Waals surface area (Å²) < 4.78 is 0. The van der Waals surface area contributed by atoms with Crippen molar-refractivity contribution in [2.75, 3.05) is 5.32 Å². The molecule has 6 heteroatoms. The number of hydrogen-bond acceptors (Lipinski definition) is 5. The van der Waals surface area contributed by atoms with Crippen LogP contribution < -0.4 is 5.32 Å². The summed E-state index contributed by atoms with van der Waals surface area (Å²) in [5, 5.41) is 12.4. The van der Waals surface area contributed by atoms with Gasteiger partial charge in [-0.1, -0.05) is 56.3 Å². The van der Waals surface area contributed by atoms with E-state index in [4.69, 9.17) is 15.1 Å². The minimum atomic E-state index is -0.832. The van der Waals surface area contributed by atoms with Gasteiger partial charge in [0, 0.05) is 21.8 Å². The summed E-state index contributed by atoms with van der Waals surface area (Å²) >= 11 is 1.75. The standard InChI is InChI=1S/C28H29N3O2S/c1-3-23-24(4-2)30-28(25-17-16-22(34-25)15-12-19-8-6-5-7-9-19)31-27(23)29-21-13-10-20(11-14-21)18-26(32)33/h5-11,13-14,16-17H,3-4,12,15,18H2,1-2H3,(H,32,33)(H,29,30,31). The van der Waals surface area contributed by atoms with Crippen molar-refractivity contribution in [2.24, 2.45) is 0 Å². The number of nitrogens with one attached hydrogen (secondary N) is 1. The molecule has 0 bridgehead atoms. The number of aryl methyl sites for hydroxylation is 3. The smallest absolute Gasteiger partial charge is 0.307 e. The molecular formula is C28H29N3O2S. The van der Waals surface area contributed by atoms with Gasteiger partial charge in [-0.05, 0) is 61.1 Å². The molecule has 0 saturated carbocycles. The van der Waals surface area contributed by atoms with Crippen LogP contribution in [0.3, 0.4) is 0 Å². The van der Waals surface area contributed by atoms with Crippen molar-refractivity contribution in [2.45, 2.75) is 46.0 Å². The zero-order chi connectivity index (χ0) is 23.9. The Balaban J connectivity index is 1.57. The third-order valence-corrected chi connectivity index (χ3v) is 6.88. The number of benzene rings is 2. The zero-order valence-corrected chi connectivity index (χ0v) is 20.4. The van der Waals surface area contributed by atoms with Crippen LogP contribution in [0.5, 0.6) is 0 Å². The first-order valence-corrected chi connectivity index (χ1v) is 12.5. The van der Waals surface area contributed by atoms with E-state index >= 15 is 0 Å². The van der Waals surface area contributed by atoms with Crippen molar-refractivity contribution in [1.82, 2.24) is 9.97 Å². The topological polar surface area (TPSA) is 75.1 Å². The minimum absolute atomic E-state index is 0.0170. The van der Waals surface area contributed by atoms with Crippen molar-refractivity contribution in [3.8, 4) is 10.7 Å². The van der Waals surface area contributed by atoms with Gasteiger partial charge in [-0.2, -0.15) is 0 Å². The average Bonchev–Trinajstić information content (AvgIpc) is 3.33. The molecule has 2 heterocycles. The van der Waals surface area contributed by atoms with Gasteiger partial charge in [-0.25, -0.2) is 9.97 Å². The van der Waals surface area contributed by atoms with E-state index in [1.54, 1.807) is 11.3 Å². The average molecular weight is 472 g/mol. The molecule has 2 N–H and O–H groups in total. The largest absolute Gasteiger partial charge is 0.481 e. The van der Waals surface area contributed by atoms with E-state index in [0.29, 0.717) is 0 Å². The number of aliphatic carboxylic acids is 1. The van der Waals surface area contributed by atoms with E-state index in [1.807, 2.05) is 30.3 Å². The van der Waals surface area contributed by atoms with Gasteiger partial charge in [-0.15, -0.1) is 11.3 Å². The highest BCUT2D eigenvalue weighted by molar-refractivity contribution is 7.15. The van der Waals surface area contributed by atoms with Crippen molar-refractivity contribution < 1.29 is 9.90 Å². The zero-order valence-electron chi connectivity index (χ0n) is 19.5. The molecular weight excluding hydrogens is 442 g/mol. The van der Waals surface area contributed by atoms with Crippen molar-refractivity contribution in [3.05, 3.63) is 94.0 Å². The number of anilines is 2. The van der Waals surface area contributed by atoms with E-state index < -0.39 is 5.97 Å². The lowest BCUT2D eigenvalue weighted by Crippen LogP contribution is -2.07. The van der Waals surface area contributed by atoms with Gasteiger partial charge in [-0.3, -0.25) is 4.79 Å².